The molecule has 3 aromatic carbocycles. The van der Waals surface area contributed by atoms with Gasteiger partial charge in [0.1, 0.15) is 5.70 Å². The number of non-ortho nitro benzene ring substituents is 1. The molecule has 0 saturated carbocycles. The van der Waals surface area contributed by atoms with Gasteiger partial charge in [0.05, 0.1) is 16.2 Å². The van der Waals surface area contributed by atoms with E-state index in [9.17, 15) is 19.7 Å². The molecule has 2 heterocycles. The molecule has 2 amide bonds. The predicted molar refractivity (Wildman–Crippen MR) is 126 cm³/mol. The number of hydrogen-bond acceptors (Lipinski definition) is 5. The summed E-state index contributed by atoms with van der Waals surface area (Å²) in [5.74, 6) is -0.191. The van der Waals surface area contributed by atoms with Crippen molar-refractivity contribution in [3.05, 3.63) is 88.1 Å². The van der Waals surface area contributed by atoms with E-state index >= 15 is 0 Å². The molecular formula is C26H23N3O4. The highest BCUT2D eigenvalue weighted by Gasteiger charge is 2.43. The summed E-state index contributed by atoms with van der Waals surface area (Å²) in [6.07, 6.45) is 1.87. The smallest absolute Gasteiger partial charge is 0.282 e. The Balaban J connectivity index is 1.64. The van der Waals surface area contributed by atoms with E-state index in [0.717, 1.165) is 23.6 Å². The Hall–Kier alpha value is -4.00. The number of amides is 2. The fourth-order valence-corrected chi connectivity index (χ4v) is 4.68. The van der Waals surface area contributed by atoms with Crippen molar-refractivity contribution in [3.63, 3.8) is 0 Å². The number of imide groups is 1. The van der Waals surface area contributed by atoms with Gasteiger partial charge in [-0.05, 0) is 47.9 Å². The van der Waals surface area contributed by atoms with Crippen LogP contribution in [0.5, 0.6) is 0 Å². The van der Waals surface area contributed by atoms with Crippen LogP contribution in [0, 0.1) is 16.0 Å². The number of rotatable bonds is 4. The summed E-state index contributed by atoms with van der Waals surface area (Å²) in [6.45, 7) is 3.57. The first-order valence-corrected chi connectivity index (χ1v) is 11.1. The van der Waals surface area contributed by atoms with Crippen molar-refractivity contribution in [2.45, 2.75) is 19.8 Å². The fourth-order valence-electron chi connectivity index (χ4n) is 4.68. The molecule has 166 valence electrons. The van der Waals surface area contributed by atoms with E-state index in [-0.39, 0.29) is 11.6 Å². The summed E-state index contributed by atoms with van der Waals surface area (Å²) in [5.41, 5.74) is 1.68. The molecule has 5 rings (SSSR count). The molecule has 1 saturated heterocycles. The molecule has 0 aliphatic carbocycles. The molecule has 33 heavy (non-hydrogen) atoms. The van der Waals surface area contributed by atoms with Crippen LogP contribution in [-0.4, -0.2) is 34.7 Å². The van der Waals surface area contributed by atoms with E-state index in [0.29, 0.717) is 41.5 Å². The first-order valence-electron chi connectivity index (χ1n) is 11.1. The summed E-state index contributed by atoms with van der Waals surface area (Å²) < 4.78 is 0. The van der Waals surface area contributed by atoms with Gasteiger partial charge in [-0.25, -0.2) is 4.90 Å². The Kier molecular flexibility index (Phi) is 5.17. The number of carbonyl (C=O) groups excluding carboxylic acids is 2. The van der Waals surface area contributed by atoms with E-state index in [4.69, 9.17) is 0 Å². The normalized spacial score (nSPS) is 17.4. The van der Waals surface area contributed by atoms with Crippen LogP contribution in [0.1, 0.15) is 25.3 Å². The average molecular weight is 441 g/mol. The second-order valence-corrected chi connectivity index (χ2v) is 8.64. The summed E-state index contributed by atoms with van der Waals surface area (Å²) >= 11 is 0. The number of carbonyl (C=O) groups is 2. The first-order chi connectivity index (χ1) is 16.0. The largest absolute Gasteiger partial charge is 0.366 e. The third-order valence-corrected chi connectivity index (χ3v) is 6.53. The van der Waals surface area contributed by atoms with Gasteiger partial charge >= 0.3 is 0 Å². The molecule has 2 aliphatic heterocycles. The van der Waals surface area contributed by atoms with Crippen molar-refractivity contribution in [1.29, 1.82) is 0 Å². The maximum atomic E-state index is 13.8. The lowest BCUT2D eigenvalue weighted by Gasteiger charge is -2.32. The first kappa shape index (κ1) is 20.9. The highest BCUT2D eigenvalue weighted by atomic mass is 16.6. The summed E-state index contributed by atoms with van der Waals surface area (Å²) in [6, 6.07) is 19.1. The maximum Gasteiger partial charge on any atom is 0.282 e. The van der Waals surface area contributed by atoms with Crippen LogP contribution in [0.2, 0.25) is 0 Å². The lowest BCUT2D eigenvalue weighted by atomic mass is 9.97. The molecule has 0 unspecified atom stereocenters. The Morgan fingerprint density at radius 2 is 1.55 bits per heavy atom. The standard InChI is InChI=1S/C26H23N3O4/c1-17-13-15-27(16-14-17)24-23(19-9-11-20(12-10-19)29(32)33)25(30)28(26(24)31)22-8-4-6-18-5-2-3-7-21(18)22/h2-12,17H,13-16H2,1H3. The Labute approximate surface area is 191 Å². The number of nitro benzene ring substituents is 1. The topological polar surface area (TPSA) is 83.8 Å². The van der Waals surface area contributed by atoms with Crippen molar-refractivity contribution < 1.29 is 14.5 Å². The van der Waals surface area contributed by atoms with Crippen LogP contribution < -0.4 is 4.90 Å². The zero-order valence-corrected chi connectivity index (χ0v) is 18.2. The second-order valence-electron chi connectivity index (χ2n) is 8.64. The number of fused-ring (bicyclic) bond motifs is 1. The van der Waals surface area contributed by atoms with Crippen LogP contribution in [0.15, 0.2) is 72.4 Å². The van der Waals surface area contributed by atoms with E-state index in [1.807, 2.05) is 41.3 Å². The molecule has 0 N–H and O–H groups in total. The van der Waals surface area contributed by atoms with Gasteiger partial charge in [0.2, 0.25) is 0 Å². The molecule has 0 aromatic heterocycles. The lowest BCUT2D eigenvalue weighted by Crippen LogP contribution is -2.38. The number of hydrogen-bond donors (Lipinski definition) is 0. The number of anilines is 1. The van der Waals surface area contributed by atoms with Gasteiger partial charge in [0, 0.05) is 30.6 Å². The second kappa shape index (κ2) is 8.16. The minimum atomic E-state index is -0.477. The third kappa shape index (κ3) is 3.55. The summed E-state index contributed by atoms with van der Waals surface area (Å²) in [4.78, 5) is 41.5. The van der Waals surface area contributed by atoms with E-state index < -0.39 is 10.8 Å². The molecule has 0 radical (unpaired) electrons. The molecule has 0 bridgehead atoms. The number of piperidine rings is 1. The van der Waals surface area contributed by atoms with Crippen molar-refractivity contribution in [2.75, 3.05) is 18.0 Å². The SMILES string of the molecule is CC1CCN(C2=C(c3ccc([N+](=O)[O-])cc3)C(=O)N(c3cccc4ccccc34)C2=O)CC1. The summed E-state index contributed by atoms with van der Waals surface area (Å²) in [7, 11) is 0. The molecule has 2 aliphatic rings. The minimum absolute atomic E-state index is 0.0598. The molecule has 1 fully saturated rings. The zero-order chi connectivity index (χ0) is 23.1. The maximum absolute atomic E-state index is 13.8. The Morgan fingerprint density at radius 3 is 2.24 bits per heavy atom. The van der Waals surface area contributed by atoms with Crippen LogP contribution in [0.3, 0.4) is 0 Å². The molecule has 7 heteroatoms. The number of likely N-dealkylation sites (tertiary alicyclic amines) is 1. The van der Waals surface area contributed by atoms with Gasteiger partial charge in [0.25, 0.3) is 17.5 Å². The van der Waals surface area contributed by atoms with Crippen molar-refractivity contribution >= 4 is 39.5 Å². The number of nitrogens with zero attached hydrogens (tertiary/aromatic N) is 3. The number of nitro groups is 1. The quantitative estimate of drug-likeness (QED) is 0.331. The van der Waals surface area contributed by atoms with Gasteiger partial charge in [-0.1, -0.05) is 43.3 Å². The van der Waals surface area contributed by atoms with Crippen LogP contribution in [0.25, 0.3) is 16.3 Å². The van der Waals surface area contributed by atoms with Gasteiger partial charge in [-0.15, -0.1) is 0 Å². The van der Waals surface area contributed by atoms with Gasteiger partial charge in [-0.3, -0.25) is 19.7 Å². The van der Waals surface area contributed by atoms with E-state index in [1.54, 1.807) is 18.2 Å². The van der Waals surface area contributed by atoms with Crippen LogP contribution in [-0.2, 0) is 9.59 Å². The minimum Gasteiger partial charge on any atom is -0.366 e. The van der Waals surface area contributed by atoms with Gasteiger partial charge in [0.15, 0.2) is 0 Å². The fraction of sp³-hybridized carbons (Fsp3) is 0.231. The van der Waals surface area contributed by atoms with Crippen molar-refractivity contribution in [2.24, 2.45) is 5.92 Å². The zero-order valence-electron chi connectivity index (χ0n) is 18.2. The summed E-state index contributed by atoms with van der Waals surface area (Å²) in [5, 5.41) is 12.9. The van der Waals surface area contributed by atoms with Crippen LogP contribution >= 0.6 is 0 Å². The monoisotopic (exact) mass is 441 g/mol. The molecule has 3 aromatic rings. The van der Waals surface area contributed by atoms with Gasteiger partial charge < -0.3 is 4.90 Å². The van der Waals surface area contributed by atoms with Crippen LogP contribution in [0.4, 0.5) is 11.4 Å². The molecule has 0 spiro atoms. The predicted octanol–water partition coefficient (Wildman–Crippen LogP) is 4.76. The Bertz CT molecular complexity index is 1300. The lowest BCUT2D eigenvalue weighted by molar-refractivity contribution is -0.384. The molecule has 0 atom stereocenters. The number of benzene rings is 3. The Morgan fingerprint density at radius 1 is 0.879 bits per heavy atom. The van der Waals surface area contributed by atoms with Crippen molar-refractivity contribution in [1.82, 2.24) is 4.90 Å². The van der Waals surface area contributed by atoms with Crippen molar-refractivity contribution in [3.8, 4) is 0 Å². The highest BCUT2D eigenvalue weighted by molar-refractivity contribution is 6.46. The highest BCUT2D eigenvalue weighted by Crippen LogP contribution is 2.39. The molecular weight excluding hydrogens is 418 g/mol. The molecule has 7 nitrogen and oxygen atoms in total. The van der Waals surface area contributed by atoms with E-state index in [2.05, 4.69) is 6.92 Å². The third-order valence-electron chi connectivity index (χ3n) is 6.53. The van der Waals surface area contributed by atoms with E-state index in [1.165, 1.54) is 17.0 Å². The van der Waals surface area contributed by atoms with Gasteiger partial charge in [-0.2, -0.15) is 0 Å². The average Bonchev–Trinajstić information content (AvgIpc) is 3.09.